The molecular formula is C30H26ClN3O6S. The van der Waals surface area contributed by atoms with Crippen LogP contribution in [-0.2, 0) is 37.1 Å². The number of thioether (sulfide) groups is 1. The number of rotatable bonds is 9. The van der Waals surface area contributed by atoms with Gasteiger partial charge in [0, 0.05) is 5.75 Å². The summed E-state index contributed by atoms with van der Waals surface area (Å²) in [6.07, 6.45) is -0.787. The van der Waals surface area contributed by atoms with Crippen molar-refractivity contribution in [3.8, 4) is 0 Å². The monoisotopic (exact) mass is 591 g/mol. The number of carbonyl (C=O) groups is 4. The molecule has 5 rings (SSSR count). The van der Waals surface area contributed by atoms with Gasteiger partial charge in [-0.1, -0.05) is 103 Å². The zero-order chi connectivity index (χ0) is 28.8. The highest BCUT2D eigenvalue weighted by atomic mass is 35.5. The van der Waals surface area contributed by atoms with Crippen molar-refractivity contribution in [3.05, 3.63) is 118 Å². The fourth-order valence-electron chi connectivity index (χ4n) is 4.43. The Hall–Kier alpha value is -4.28. The predicted octanol–water partition coefficient (Wildman–Crippen LogP) is 4.25. The summed E-state index contributed by atoms with van der Waals surface area (Å²) < 4.78 is 10.7. The van der Waals surface area contributed by atoms with Gasteiger partial charge in [0.25, 0.3) is 5.91 Å². The van der Waals surface area contributed by atoms with E-state index in [1.165, 1.54) is 16.7 Å². The summed E-state index contributed by atoms with van der Waals surface area (Å²) >= 11 is 7.67. The van der Waals surface area contributed by atoms with Crippen LogP contribution in [0.1, 0.15) is 22.7 Å². The molecule has 1 unspecified atom stereocenters. The molecule has 2 N–H and O–H groups in total. The summed E-state index contributed by atoms with van der Waals surface area (Å²) in [6.45, 7) is 0.0545. The van der Waals surface area contributed by atoms with E-state index < -0.39 is 41.3 Å². The Morgan fingerprint density at radius 3 is 2.05 bits per heavy atom. The first-order valence-corrected chi connectivity index (χ1v) is 14.2. The van der Waals surface area contributed by atoms with Crippen molar-refractivity contribution in [2.75, 3.05) is 5.75 Å². The van der Waals surface area contributed by atoms with E-state index in [-0.39, 0.29) is 29.7 Å². The third kappa shape index (κ3) is 6.55. The molecule has 0 spiro atoms. The largest absolute Gasteiger partial charge is 0.456 e. The maximum absolute atomic E-state index is 13.4. The van der Waals surface area contributed by atoms with Gasteiger partial charge < -0.3 is 20.1 Å². The smallest absolute Gasteiger partial charge is 0.408 e. The number of hydrogen-bond donors (Lipinski definition) is 2. The third-order valence-electron chi connectivity index (χ3n) is 6.50. The Morgan fingerprint density at radius 1 is 0.878 bits per heavy atom. The van der Waals surface area contributed by atoms with Gasteiger partial charge in [0.2, 0.25) is 5.91 Å². The lowest BCUT2D eigenvalue weighted by Crippen LogP contribution is -2.71. The van der Waals surface area contributed by atoms with Gasteiger partial charge in [-0.15, -0.1) is 11.8 Å². The third-order valence-corrected chi connectivity index (χ3v) is 8.25. The van der Waals surface area contributed by atoms with Crippen molar-refractivity contribution in [2.24, 2.45) is 0 Å². The van der Waals surface area contributed by atoms with Crippen molar-refractivity contribution in [3.63, 3.8) is 0 Å². The molecule has 0 aliphatic carbocycles. The number of amides is 3. The highest BCUT2D eigenvalue weighted by Gasteiger charge is 2.54. The molecule has 3 aromatic carbocycles. The van der Waals surface area contributed by atoms with E-state index in [9.17, 15) is 19.2 Å². The van der Waals surface area contributed by atoms with E-state index in [1.54, 1.807) is 30.3 Å². The maximum atomic E-state index is 13.4. The van der Waals surface area contributed by atoms with Gasteiger partial charge in [0.1, 0.15) is 36.4 Å². The standard InChI is InChI=1S/C30H26ClN3O6S/c31-22-18-41-28-24(27(36)34(28)25(22)29(37)39-16-19-10-4-1-5-11-19)32-26(35)23(21-14-8-3-9-15-21)33-30(38)40-17-20-12-6-2-7-13-20/h1-15,23-24,28H,16-18H2,(H,32,35)(H,33,38)/t23?,24-,28-/m1/s1. The second kappa shape index (κ2) is 12.9. The van der Waals surface area contributed by atoms with Crippen LogP contribution in [0.15, 0.2) is 102 Å². The minimum Gasteiger partial charge on any atom is -0.456 e. The first-order valence-electron chi connectivity index (χ1n) is 12.8. The molecular weight excluding hydrogens is 566 g/mol. The van der Waals surface area contributed by atoms with E-state index in [4.69, 9.17) is 21.1 Å². The molecule has 2 heterocycles. The minimum absolute atomic E-state index is 0.0240. The number of esters is 1. The van der Waals surface area contributed by atoms with E-state index in [0.29, 0.717) is 5.56 Å². The van der Waals surface area contributed by atoms with Gasteiger partial charge in [-0.25, -0.2) is 9.59 Å². The van der Waals surface area contributed by atoms with E-state index in [2.05, 4.69) is 10.6 Å². The number of carbonyl (C=O) groups excluding carboxylic acids is 4. The van der Waals surface area contributed by atoms with Crippen LogP contribution in [0.5, 0.6) is 0 Å². The molecule has 0 saturated carbocycles. The van der Waals surface area contributed by atoms with Crippen molar-refractivity contribution in [1.29, 1.82) is 0 Å². The van der Waals surface area contributed by atoms with Crippen LogP contribution >= 0.6 is 23.4 Å². The quantitative estimate of drug-likeness (QED) is 0.282. The number of fused-ring (bicyclic) bond motifs is 1. The number of ether oxygens (including phenoxy) is 2. The van der Waals surface area contributed by atoms with Crippen molar-refractivity contribution >= 4 is 47.2 Å². The summed E-state index contributed by atoms with van der Waals surface area (Å²) in [5.41, 5.74) is 2.07. The van der Waals surface area contributed by atoms with Crippen LogP contribution in [0.4, 0.5) is 4.79 Å². The van der Waals surface area contributed by atoms with Gasteiger partial charge >= 0.3 is 12.1 Å². The number of halogens is 1. The fraction of sp³-hybridized carbons (Fsp3) is 0.200. The molecule has 3 atom stereocenters. The summed E-state index contributed by atoms with van der Waals surface area (Å²) in [5.74, 6) is -1.55. The minimum atomic E-state index is -1.12. The van der Waals surface area contributed by atoms with Crippen LogP contribution in [0.3, 0.4) is 0 Å². The molecule has 0 aromatic heterocycles. The Bertz CT molecular complexity index is 1450. The number of alkyl carbamates (subject to hydrolysis) is 1. The van der Waals surface area contributed by atoms with Crippen molar-refractivity contribution in [2.45, 2.75) is 30.7 Å². The van der Waals surface area contributed by atoms with Crippen LogP contribution in [-0.4, -0.2) is 45.9 Å². The second-order valence-corrected chi connectivity index (χ2v) is 10.8. The number of nitrogens with zero attached hydrogens (tertiary/aromatic N) is 1. The summed E-state index contributed by atoms with van der Waals surface area (Å²) in [6, 6.07) is 24.9. The Morgan fingerprint density at radius 2 is 1.44 bits per heavy atom. The topological polar surface area (TPSA) is 114 Å². The number of β-lactam (4-membered cyclic amide) rings is 1. The molecule has 3 aromatic rings. The Labute approximate surface area is 245 Å². The van der Waals surface area contributed by atoms with E-state index in [0.717, 1.165) is 11.1 Å². The average molecular weight is 592 g/mol. The first-order chi connectivity index (χ1) is 19.9. The molecule has 9 nitrogen and oxygen atoms in total. The Balaban J connectivity index is 1.24. The van der Waals surface area contributed by atoms with Gasteiger partial charge in [-0.2, -0.15) is 0 Å². The van der Waals surface area contributed by atoms with Gasteiger partial charge in [0.15, 0.2) is 0 Å². The van der Waals surface area contributed by atoms with Crippen LogP contribution < -0.4 is 10.6 Å². The van der Waals surface area contributed by atoms with Gasteiger partial charge in [0.05, 0.1) is 5.03 Å². The predicted molar refractivity (Wildman–Crippen MR) is 153 cm³/mol. The molecule has 0 radical (unpaired) electrons. The molecule has 2 aliphatic heterocycles. The molecule has 210 valence electrons. The molecule has 1 fully saturated rings. The number of nitrogens with one attached hydrogen (secondary N) is 2. The van der Waals surface area contributed by atoms with Crippen LogP contribution in [0.25, 0.3) is 0 Å². The zero-order valence-corrected chi connectivity index (χ0v) is 23.3. The van der Waals surface area contributed by atoms with Crippen molar-refractivity contribution < 1.29 is 28.7 Å². The van der Waals surface area contributed by atoms with Crippen LogP contribution in [0, 0.1) is 0 Å². The number of benzene rings is 3. The fourth-order valence-corrected chi connectivity index (χ4v) is 5.97. The molecule has 0 bridgehead atoms. The second-order valence-electron chi connectivity index (χ2n) is 9.26. The van der Waals surface area contributed by atoms with Gasteiger partial charge in [-0.3, -0.25) is 14.5 Å². The normalized spacial score (nSPS) is 18.5. The molecule has 41 heavy (non-hydrogen) atoms. The maximum Gasteiger partial charge on any atom is 0.408 e. The summed E-state index contributed by atoms with van der Waals surface area (Å²) in [4.78, 5) is 53.4. The Kier molecular flexibility index (Phi) is 8.91. The van der Waals surface area contributed by atoms with E-state index in [1.807, 2.05) is 60.7 Å². The molecule has 3 amide bonds. The van der Waals surface area contributed by atoms with Crippen molar-refractivity contribution in [1.82, 2.24) is 15.5 Å². The highest BCUT2D eigenvalue weighted by molar-refractivity contribution is 8.00. The van der Waals surface area contributed by atoms with Crippen LogP contribution in [0.2, 0.25) is 0 Å². The molecule has 11 heteroatoms. The SMILES string of the molecule is O=C(NC(C(=O)N[C@@H]1C(=O)N2C(C(=O)OCc3ccccc3)=C(Cl)CS[C@H]12)c1ccccc1)OCc1ccccc1. The van der Waals surface area contributed by atoms with E-state index >= 15 is 0 Å². The molecule has 1 saturated heterocycles. The lowest BCUT2D eigenvalue weighted by Gasteiger charge is -2.49. The molecule has 2 aliphatic rings. The first kappa shape index (κ1) is 28.3. The average Bonchev–Trinajstić information content (AvgIpc) is 3.01. The summed E-state index contributed by atoms with van der Waals surface area (Å²) in [5, 5.41) is 4.98. The highest BCUT2D eigenvalue weighted by Crippen LogP contribution is 2.42. The number of hydrogen-bond acceptors (Lipinski definition) is 7. The lowest BCUT2D eigenvalue weighted by molar-refractivity contribution is -0.153. The lowest BCUT2D eigenvalue weighted by atomic mass is 10.0. The zero-order valence-electron chi connectivity index (χ0n) is 21.7. The summed E-state index contributed by atoms with van der Waals surface area (Å²) in [7, 11) is 0. The van der Waals surface area contributed by atoms with Gasteiger partial charge in [-0.05, 0) is 16.7 Å².